The molecular formula is C22H29N3O2. The van der Waals surface area contributed by atoms with E-state index < -0.39 is 0 Å². The zero-order chi connectivity index (χ0) is 19.8. The number of nitrogens with one attached hydrogen (secondary N) is 3. The van der Waals surface area contributed by atoms with E-state index in [0.29, 0.717) is 18.2 Å². The molecule has 0 saturated heterocycles. The monoisotopic (exact) mass is 367 g/mol. The van der Waals surface area contributed by atoms with E-state index in [0.717, 1.165) is 17.7 Å². The van der Waals surface area contributed by atoms with Crippen molar-refractivity contribution >= 4 is 23.2 Å². The highest BCUT2D eigenvalue weighted by atomic mass is 16.2. The zero-order valence-electron chi connectivity index (χ0n) is 16.6. The molecule has 0 aliphatic heterocycles. The lowest BCUT2D eigenvalue weighted by molar-refractivity contribution is -0.119. The molecule has 0 bridgehead atoms. The van der Waals surface area contributed by atoms with Gasteiger partial charge >= 0.3 is 0 Å². The Bertz CT molecular complexity index is 783. The first-order valence-corrected chi connectivity index (χ1v) is 9.33. The van der Waals surface area contributed by atoms with E-state index in [9.17, 15) is 9.59 Å². The van der Waals surface area contributed by atoms with Crippen LogP contribution in [0, 0.1) is 6.92 Å². The summed E-state index contributed by atoms with van der Waals surface area (Å²) >= 11 is 0. The smallest absolute Gasteiger partial charge is 0.239 e. The van der Waals surface area contributed by atoms with E-state index in [1.165, 1.54) is 18.1 Å². The SMILES string of the molecule is CC(=O)Nc1ccc(C)c(NCC(=O)NCCc2ccc(C(C)C)cc2)c1. The van der Waals surface area contributed by atoms with Gasteiger partial charge in [0.25, 0.3) is 0 Å². The summed E-state index contributed by atoms with van der Waals surface area (Å²) in [6.45, 7) is 8.57. The fourth-order valence-corrected chi connectivity index (χ4v) is 2.75. The largest absolute Gasteiger partial charge is 0.376 e. The summed E-state index contributed by atoms with van der Waals surface area (Å²) < 4.78 is 0. The molecule has 27 heavy (non-hydrogen) atoms. The first-order chi connectivity index (χ1) is 12.8. The van der Waals surface area contributed by atoms with Crippen molar-refractivity contribution in [2.24, 2.45) is 0 Å². The number of rotatable bonds is 8. The molecule has 0 aliphatic rings. The molecule has 5 heteroatoms. The minimum Gasteiger partial charge on any atom is -0.376 e. The lowest BCUT2D eigenvalue weighted by Crippen LogP contribution is -2.31. The summed E-state index contributed by atoms with van der Waals surface area (Å²) in [4.78, 5) is 23.2. The van der Waals surface area contributed by atoms with Gasteiger partial charge in [0.05, 0.1) is 6.54 Å². The summed E-state index contributed by atoms with van der Waals surface area (Å²) in [7, 11) is 0. The maximum absolute atomic E-state index is 12.1. The fraction of sp³-hybridized carbons (Fsp3) is 0.364. The Labute approximate surface area is 161 Å². The second-order valence-corrected chi connectivity index (χ2v) is 7.06. The minimum atomic E-state index is -0.121. The second kappa shape index (κ2) is 9.76. The van der Waals surface area contributed by atoms with Gasteiger partial charge in [-0.3, -0.25) is 9.59 Å². The Balaban J connectivity index is 1.78. The first kappa shape index (κ1) is 20.5. The number of hydrogen-bond donors (Lipinski definition) is 3. The van der Waals surface area contributed by atoms with Crippen molar-refractivity contribution in [2.75, 3.05) is 23.7 Å². The first-order valence-electron chi connectivity index (χ1n) is 9.33. The Kier molecular flexibility index (Phi) is 7.41. The van der Waals surface area contributed by atoms with Gasteiger partial charge in [0.15, 0.2) is 0 Å². The fourth-order valence-electron chi connectivity index (χ4n) is 2.75. The van der Waals surface area contributed by atoms with Crippen molar-refractivity contribution < 1.29 is 9.59 Å². The van der Waals surface area contributed by atoms with Crippen LogP contribution in [-0.4, -0.2) is 24.9 Å². The van der Waals surface area contributed by atoms with Gasteiger partial charge in [-0.1, -0.05) is 44.2 Å². The van der Waals surface area contributed by atoms with Gasteiger partial charge in [-0.15, -0.1) is 0 Å². The van der Waals surface area contributed by atoms with E-state index in [-0.39, 0.29) is 18.4 Å². The summed E-state index contributed by atoms with van der Waals surface area (Å²) in [6, 6.07) is 14.1. The second-order valence-electron chi connectivity index (χ2n) is 7.06. The van der Waals surface area contributed by atoms with Gasteiger partial charge in [-0.2, -0.15) is 0 Å². The Morgan fingerprint density at radius 1 is 1.04 bits per heavy atom. The average molecular weight is 367 g/mol. The molecular weight excluding hydrogens is 338 g/mol. The van der Waals surface area contributed by atoms with Crippen molar-refractivity contribution in [3.8, 4) is 0 Å². The maximum atomic E-state index is 12.1. The topological polar surface area (TPSA) is 70.2 Å². The third kappa shape index (κ3) is 6.77. The highest BCUT2D eigenvalue weighted by Gasteiger charge is 2.05. The average Bonchev–Trinajstić information content (AvgIpc) is 2.62. The van der Waals surface area contributed by atoms with Crippen LogP contribution in [0.4, 0.5) is 11.4 Å². The molecule has 0 spiro atoms. The summed E-state index contributed by atoms with van der Waals surface area (Å²) in [6.07, 6.45) is 0.807. The van der Waals surface area contributed by atoms with Crippen LogP contribution in [0.25, 0.3) is 0 Å². The van der Waals surface area contributed by atoms with Crippen molar-refractivity contribution in [3.63, 3.8) is 0 Å². The number of anilines is 2. The molecule has 0 aliphatic carbocycles. The molecule has 0 aromatic heterocycles. The number of aryl methyl sites for hydroxylation is 1. The molecule has 2 aromatic carbocycles. The molecule has 0 unspecified atom stereocenters. The summed E-state index contributed by atoms with van der Waals surface area (Å²) in [5.74, 6) is 0.347. The van der Waals surface area contributed by atoms with Gasteiger partial charge in [0.2, 0.25) is 11.8 Å². The van der Waals surface area contributed by atoms with Crippen LogP contribution in [-0.2, 0) is 16.0 Å². The van der Waals surface area contributed by atoms with E-state index in [1.54, 1.807) is 0 Å². The van der Waals surface area contributed by atoms with Crippen LogP contribution >= 0.6 is 0 Å². The standard InChI is InChI=1S/C22H29N3O2/c1-15(2)19-8-6-18(7-9-19)11-12-23-22(27)14-24-21-13-20(25-17(4)26)10-5-16(21)3/h5-10,13,15,24H,11-12,14H2,1-4H3,(H,23,27)(H,25,26). The van der Waals surface area contributed by atoms with Gasteiger partial charge in [0, 0.05) is 24.8 Å². The lowest BCUT2D eigenvalue weighted by Gasteiger charge is -2.12. The van der Waals surface area contributed by atoms with Gasteiger partial charge in [0.1, 0.15) is 0 Å². The highest BCUT2D eigenvalue weighted by molar-refractivity contribution is 5.89. The zero-order valence-corrected chi connectivity index (χ0v) is 16.6. The normalized spacial score (nSPS) is 10.6. The molecule has 0 saturated carbocycles. The number of carbonyl (C=O) groups is 2. The number of amides is 2. The molecule has 0 radical (unpaired) electrons. The Morgan fingerprint density at radius 3 is 2.37 bits per heavy atom. The van der Waals surface area contributed by atoms with Crippen LogP contribution in [0.1, 0.15) is 43.4 Å². The molecule has 144 valence electrons. The molecule has 0 fully saturated rings. The Hall–Kier alpha value is -2.82. The van der Waals surface area contributed by atoms with Crippen LogP contribution in [0.5, 0.6) is 0 Å². The minimum absolute atomic E-state index is 0.0573. The molecule has 2 aromatic rings. The van der Waals surface area contributed by atoms with E-state index >= 15 is 0 Å². The third-order valence-corrected chi connectivity index (χ3v) is 4.38. The van der Waals surface area contributed by atoms with E-state index in [1.807, 2.05) is 25.1 Å². The van der Waals surface area contributed by atoms with Crippen molar-refractivity contribution in [1.29, 1.82) is 0 Å². The maximum Gasteiger partial charge on any atom is 0.239 e. The quantitative estimate of drug-likeness (QED) is 0.664. The molecule has 0 heterocycles. The van der Waals surface area contributed by atoms with E-state index in [2.05, 4.69) is 54.1 Å². The summed E-state index contributed by atoms with van der Waals surface area (Å²) in [5, 5.41) is 8.81. The predicted octanol–water partition coefficient (Wildman–Crippen LogP) is 3.85. The molecule has 0 atom stereocenters. The molecule has 3 N–H and O–H groups in total. The predicted molar refractivity (Wildman–Crippen MR) is 111 cm³/mol. The van der Waals surface area contributed by atoms with Crippen molar-refractivity contribution in [1.82, 2.24) is 5.32 Å². The van der Waals surface area contributed by atoms with Gasteiger partial charge in [-0.05, 0) is 48.1 Å². The van der Waals surface area contributed by atoms with Crippen molar-refractivity contribution in [2.45, 2.75) is 40.0 Å². The molecule has 2 rings (SSSR count). The van der Waals surface area contributed by atoms with Crippen LogP contribution in [0.15, 0.2) is 42.5 Å². The number of hydrogen-bond acceptors (Lipinski definition) is 3. The number of carbonyl (C=O) groups excluding carboxylic acids is 2. The van der Waals surface area contributed by atoms with Crippen LogP contribution in [0.2, 0.25) is 0 Å². The molecule has 5 nitrogen and oxygen atoms in total. The van der Waals surface area contributed by atoms with Crippen LogP contribution < -0.4 is 16.0 Å². The Morgan fingerprint density at radius 2 is 1.74 bits per heavy atom. The van der Waals surface area contributed by atoms with Crippen LogP contribution in [0.3, 0.4) is 0 Å². The third-order valence-electron chi connectivity index (χ3n) is 4.38. The highest BCUT2D eigenvalue weighted by Crippen LogP contribution is 2.20. The summed E-state index contributed by atoms with van der Waals surface area (Å²) in [5.41, 5.74) is 5.10. The van der Waals surface area contributed by atoms with Gasteiger partial charge < -0.3 is 16.0 Å². The van der Waals surface area contributed by atoms with E-state index in [4.69, 9.17) is 0 Å². The number of benzene rings is 2. The lowest BCUT2D eigenvalue weighted by atomic mass is 10.0. The van der Waals surface area contributed by atoms with Crippen molar-refractivity contribution in [3.05, 3.63) is 59.2 Å². The molecule has 2 amide bonds. The van der Waals surface area contributed by atoms with Gasteiger partial charge in [-0.25, -0.2) is 0 Å².